The maximum Gasteiger partial charge on any atom is 0.338 e. The minimum atomic E-state index is -1.01. The maximum atomic E-state index is 13.8. The summed E-state index contributed by atoms with van der Waals surface area (Å²) in [5, 5.41) is 15.2. The van der Waals surface area contributed by atoms with Gasteiger partial charge in [0, 0.05) is 30.4 Å². The van der Waals surface area contributed by atoms with Gasteiger partial charge in [0.1, 0.15) is 17.9 Å². The van der Waals surface area contributed by atoms with Crippen molar-refractivity contribution in [1.29, 1.82) is 0 Å². The number of aromatic nitrogens is 1. The zero-order chi connectivity index (χ0) is 23.5. The number of aliphatic carboxylic acids is 1. The number of carbonyl (C=O) groups is 2. The molecule has 0 amide bonds. The average Bonchev–Trinajstić information content (AvgIpc) is 3.33. The molecule has 2 unspecified atom stereocenters. The van der Waals surface area contributed by atoms with E-state index in [1.165, 1.54) is 30.6 Å². The summed E-state index contributed by atoms with van der Waals surface area (Å²) in [4.78, 5) is 35.5. The third kappa shape index (κ3) is 4.80. The van der Waals surface area contributed by atoms with Crippen molar-refractivity contribution in [3.05, 3.63) is 63.0 Å². The topological polar surface area (TPSA) is 113 Å². The summed E-state index contributed by atoms with van der Waals surface area (Å²) in [5.74, 6) is -1.56. The molecule has 9 nitrogen and oxygen atoms in total. The summed E-state index contributed by atoms with van der Waals surface area (Å²) in [5.41, 5.74) is 1.97. The van der Waals surface area contributed by atoms with Gasteiger partial charge in [0.2, 0.25) is 0 Å². The maximum absolute atomic E-state index is 13.8. The van der Waals surface area contributed by atoms with Crippen LogP contribution in [0, 0.1) is 12.7 Å². The molecule has 2 atom stereocenters. The number of carbonyl (C=O) groups excluding carboxylic acids is 1. The van der Waals surface area contributed by atoms with Crippen molar-refractivity contribution in [2.45, 2.75) is 19.0 Å². The van der Waals surface area contributed by atoms with E-state index in [2.05, 4.69) is 10.3 Å². The van der Waals surface area contributed by atoms with Gasteiger partial charge in [-0.15, -0.1) is 11.3 Å². The van der Waals surface area contributed by atoms with Gasteiger partial charge in [-0.2, -0.15) is 0 Å². The summed E-state index contributed by atoms with van der Waals surface area (Å²) in [7, 11) is 1.27. The standard InChI is InChI=1S/C22H23FN4O5S/c1-12-9-13(23)3-4-14(12)18-17(22(30)31-2)15(25-19(26-18)20-24-5-8-33-20)10-27-6-7-32-11-16(27)21(28)29/h3-5,8-9,16,18H,6-7,10-11H2,1-2H3,(H,25,26)(H,28,29). The molecule has 1 aromatic heterocycles. The van der Waals surface area contributed by atoms with E-state index in [0.717, 1.165) is 0 Å². The second kappa shape index (κ2) is 9.77. The molecule has 2 aliphatic rings. The van der Waals surface area contributed by atoms with Crippen molar-refractivity contribution < 1.29 is 28.6 Å². The Hall–Kier alpha value is -3.15. The van der Waals surface area contributed by atoms with E-state index < -0.39 is 29.8 Å². The van der Waals surface area contributed by atoms with Crippen LogP contribution in [0.2, 0.25) is 0 Å². The van der Waals surface area contributed by atoms with Gasteiger partial charge in [0.15, 0.2) is 10.8 Å². The molecule has 33 heavy (non-hydrogen) atoms. The van der Waals surface area contributed by atoms with Crippen LogP contribution >= 0.6 is 11.3 Å². The number of ether oxygens (including phenoxy) is 2. The Bertz CT molecular complexity index is 1120. The summed E-state index contributed by atoms with van der Waals surface area (Å²) >= 11 is 1.37. The molecular weight excluding hydrogens is 451 g/mol. The van der Waals surface area contributed by atoms with Gasteiger partial charge in [0.25, 0.3) is 0 Å². The van der Waals surface area contributed by atoms with E-state index in [1.54, 1.807) is 29.5 Å². The van der Waals surface area contributed by atoms with Gasteiger partial charge < -0.3 is 19.9 Å². The summed E-state index contributed by atoms with van der Waals surface area (Å²) in [6.07, 6.45) is 1.64. The highest BCUT2D eigenvalue weighted by molar-refractivity contribution is 7.11. The predicted octanol–water partition coefficient (Wildman–Crippen LogP) is 1.89. The van der Waals surface area contributed by atoms with Crippen molar-refractivity contribution in [2.24, 2.45) is 4.99 Å². The monoisotopic (exact) mass is 474 g/mol. The number of hydrogen-bond acceptors (Lipinski definition) is 9. The van der Waals surface area contributed by atoms with E-state index in [9.17, 15) is 19.1 Å². The number of carboxylic acid groups (broad SMARTS) is 1. The highest BCUT2D eigenvalue weighted by Crippen LogP contribution is 2.35. The molecule has 0 spiro atoms. The number of morpholine rings is 1. The number of rotatable bonds is 6. The molecule has 0 aliphatic carbocycles. The highest BCUT2D eigenvalue weighted by atomic mass is 32.1. The number of nitrogens with zero attached hydrogens (tertiary/aromatic N) is 3. The lowest BCUT2D eigenvalue weighted by atomic mass is 9.92. The number of hydrogen-bond donors (Lipinski definition) is 2. The zero-order valence-corrected chi connectivity index (χ0v) is 18.9. The van der Waals surface area contributed by atoms with Crippen LogP contribution < -0.4 is 5.32 Å². The molecule has 0 saturated carbocycles. The number of thiazole rings is 1. The van der Waals surface area contributed by atoms with Crippen LogP contribution in [-0.4, -0.2) is 72.2 Å². The molecule has 4 rings (SSSR count). The molecule has 2 aromatic rings. The minimum absolute atomic E-state index is 0.0457. The van der Waals surface area contributed by atoms with Gasteiger partial charge in [-0.3, -0.25) is 14.7 Å². The number of benzene rings is 1. The molecule has 174 valence electrons. The highest BCUT2D eigenvalue weighted by Gasteiger charge is 2.36. The molecule has 1 fully saturated rings. The minimum Gasteiger partial charge on any atom is -0.480 e. The van der Waals surface area contributed by atoms with Gasteiger partial charge in [-0.1, -0.05) is 6.07 Å². The Morgan fingerprint density at radius 3 is 2.91 bits per heavy atom. The van der Waals surface area contributed by atoms with Crippen LogP contribution in [0.4, 0.5) is 4.39 Å². The molecule has 2 aliphatic heterocycles. The quantitative estimate of drug-likeness (QED) is 0.611. The Labute approximate surface area is 193 Å². The molecule has 1 saturated heterocycles. The summed E-state index contributed by atoms with van der Waals surface area (Å²) in [6.45, 7) is 2.67. The zero-order valence-electron chi connectivity index (χ0n) is 18.1. The van der Waals surface area contributed by atoms with Crippen molar-refractivity contribution in [3.8, 4) is 0 Å². The fraction of sp³-hybridized carbons (Fsp3) is 0.364. The van der Waals surface area contributed by atoms with E-state index in [0.29, 0.717) is 40.8 Å². The number of carboxylic acids is 1. The van der Waals surface area contributed by atoms with Gasteiger partial charge >= 0.3 is 11.9 Å². The molecular formula is C22H23FN4O5S. The normalized spacial score (nSPS) is 21.4. The third-order valence-corrected chi connectivity index (χ3v) is 6.36. The number of halogens is 1. The number of methoxy groups -OCH3 is 1. The van der Waals surface area contributed by atoms with Crippen LogP contribution in [0.5, 0.6) is 0 Å². The largest absolute Gasteiger partial charge is 0.480 e. The van der Waals surface area contributed by atoms with Gasteiger partial charge in [-0.05, 0) is 30.2 Å². The van der Waals surface area contributed by atoms with E-state index >= 15 is 0 Å². The van der Waals surface area contributed by atoms with Crippen LogP contribution in [0.1, 0.15) is 22.2 Å². The third-order valence-electron chi connectivity index (χ3n) is 5.58. The van der Waals surface area contributed by atoms with Crippen molar-refractivity contribution in [2.75, 3.05) is 33.4 Å². The summed E-state index contributed by atoms with van der Waals surface area (Å²) in [6, 6.07) is 2.66. The lowest BCUT2D eigenvalue weighted by Gasteiger charge is -2.35. The van der Waals surface area contributed by atoms with E-state index in [4.69, 9.17) is 14.5 Å². The van der Waals surface area contributed by atoms with Crippen molar-refractivity contribution >= 4 is 29.1 Å². The van der Waals surface area contributed by atoms with Crippen molar-refractivity contribution in [3.63, 3.8) is 0 Å². The second-order valence-electron chi connectivity index (χ2n) is 7.63. The first-order valence-corrected chi connectivity index (χ1v) is 11.1. The van der Waals surface area contributed by atoms with E-state index in [1.807, 2.05) is 0 Å². The fourth-order valence-electron chi connectivity index (χ4n) is 3.95. The number of amidine groups is 1. The Morgan fingerprint density at radius 1 is 1.42 bits per heavy atom. The van der Waals surface area contributed by atoms with Crippen LogP contribution in [0.3, 0.4) is 0 Å². The van der Waals surface area contributed by atoms with E-state index in [-0.39, 0.29) is 18.7 Å². The number of nitrogens with one attached hydrogen (secondary N) is 1. The number of esters is 1. The van der Waals surface area contributed by atoms with Crippen LogP contribution in [0.15, 0.2) is 46.0 Å². The van der Waals surface area contributed by atoms with Crippen LogP contribution in [-0.2, 0) is 19.1 Å². The molecule has 1 aromatic carbocycles. The number of aryl methyl sites for hydroxylation is 1. The Morgan fingerprint density at radius 2 is 2.24 bits per heavy atom. The lowest BCUT2D eigenvalue weighted by molar-refractivity contribution is -0.149. The molecule has 0 bridgehead atoms. The van der Waals surface area contributed by atoms with Gasteiger partial charge in [-0.25, -0.2) is 14.2 Å². The van der Waals surface area contributed by atoms with Crippen molar-refractivity contribution in [1.82, 2.24) is 15.2 Å². The summed E-state index contributed by atoms with van der Waals surface area (Å²) < 4.78 is 24.2. The lowest BCUT2D eigenvalue weighted by Crippen LogP contribution is -2.52. The van der Waals surface area contributed by atoms with Gasteiger partial charge in [0.05, 0.1) is 25.9 Å². The molecule has 11 heteroatoms. The second-order valence-corrected chi connectivity index (χ2v) is 8.52. The molecule has 0 radical (unpaired) electrons. The van der Waals surface area contributed by atoms with Crippen LogP contribution in [0.25, 0.3) is 0 Å². The Balaban J connectivity index is 1.83. The SMILES string of the molecule is COC(=O)C1=C(CN2CCOCC2C(=O)O)NC(c2nccs2)=NC1c1ccc(F)cc1C. The smallest absolute Gasteiger partial charge is 0.338 e. The predicted molar refractivity (Wildman–Crippen MR) is 119 cm³/mol. The first-order chi connectivity index (χ1) is 15.9. The first-order valence-electron chi connectivity index (χ1n) is 10.3. The average molecular weight is 475 g/mol. The number of aliphatic imine (C=N–C) groups is 1. The fourth-order valence-corrected chi connectivity index (χ4v) is 4.54. The Kier molecular flexibility index (Phi) is 6.82. The molecule has 3 heterocycles. The molecule has 2 N–H and O–H groups in total. The first kappa shape index (κ1) is 23.0.